The van der Waals surface area contributed by atoms with Gasteiger partial charge in [-0.15, -0.1) is 0 Å². The minimum atomic E-state index is -1.02. The van der Waals surface area contributed by atoms with Gasteiger partial charge in [0, 0.05) is 0 Å². The van der Waals surface area contributed by atoms with Crippen molar-refractivity contribution >= 4 is 16.2 Å². The van der Waals surface area contributed by atoms with E-state index in [2.05, 4.69) is 33.2 Å². The third-order valence-electron chi connectivity index (χ3n) is 3.46. The molecule has 0 unspecified atom stereocenters. The Morgan fingerprint density at radius 2 is 1.77 bits per heavy atom. The van der Waals surface area contributed by atoms with Gasteiger partial charge in [-0.1, -0.05) is 0 Å². The molecule has 0 aromatic heterocycles. The van der Waals surface area contributed by atoms with Gasteiger partial charge in [0.05, 0.1) is 0 Å². The average molecular weight is 235 g/mol. The van der Waals surface area contributed by atoms with Crippen LogP contribution in [0.3, 0.4) is 0 Å². The molecule has 72 valence electrons. The summed E-state index contributed by atoms with van der Waals surface area (Å²) in [5.41, 5.74) is 7.42. The zero-order valence-corrected chi connectivity index (χ0v) is 12.1. The first kappa shape index (κ1) is 11.2. The first-order chi connectivity index (χ1) is 6.07. The summed E-state index contributed by atoms with van der Waals surface area (Å²) < 4.78 is 1.88. The van der Waals surface area contributed by atoms with E-state index in [1.165, 1.54) is 17.8 Å². The van der Waals surface area contributed by atoms with Crippen molar-refractivity contribution in [3.63, 3.8) is 0 Å². The Labute approximate surface area is 88.1 Å². The van der Waals surface area contributed by atoms with E-state index in [0.717, 1.165) is 0 Å². The van der Waals surface area contributed by atoms with Gasteiger partial charge in [0.25, 0.3) is 0 Å². The molecule has 0 aromatic carbocycles. The Morgan fingerprint density at radius 3 is 2.15 bits per heavy atom. The van der Waals surface area contributed by atoms with Crippen LogP contribution in [0.2, 0.25) is 10.5 Å². The summed E-state index contributed by atoms with van der Waals surface area (Å²) in [7, 11) is 0. The van der Waals surface area contributed by atoms with E-state index in [-0.39, 0.29) is 0 Å². The van der Waals surface area contributed by atoms with E-state index in [1.807, 2.05) is 4.13 Å². The zero-order valence-electron chi connectivity index (χ0n) is 9.70. The molecule has 0 atom stereocenters. The standard InChI is InChI=1S/C8H11.C3H7.CH3.Ga/c1-6-4-5-7(2)8(6)3;1-3-2;;/h4H2,1-3H3;1,3H2,2H3;1H3;. The van der Waals surface area contributed by atoms with Gasteiger partial charge in [-0.2, -0.15) is 0 Å². The molecule has 0 N–H and O–H groups in total. The van der Waals surface area contributed by atoms with Gasteiger partial charge in [0.15, 0.2) is 0 Å². The summed E-state index contributed by atoms with van der Waals surface area (Å²) in [6, 6.07) is 0. The van der Waals surface area contributed by atoms with Crippen molar-refractivity contribution in [2.24, 2.45) is 0 Å². The average Bonchev–Trinajstić information content (AvgIpc) is 2.33. The molecular weight excluding hydrogens is 214 g/mol. The van der Waals surface area contributed by atoms with E-state index >= 15 is 0 Å². The second kappa shape index (κ2) is 4.56. The van der Waals surface area contributed by atoms with Crippen molar-refractivity contribution < 1.29 is 0 Å². The van der Waals surface area contributed by atoms with Crippen molar-refractivity contribution in [2.75, 3.05) is 0 Å². The monoisotopic (exact) mass is 234 g/mol. The molecule has 0 fully saturated rings. The van der Waals surface area contributed by atoms with Gasteiger partial charge in [0.1, 0.15) is 0 Å². The van der Waals surface area contributed by atoms with Crippen LogP contribution in [0.15, 0.2) is 20.8 Å². The molecule has 0 aromatic rings. The Morgan fingerprint density at radius 1 is 1.15 bits per heavy atom. The predicted octanol–water partition coefficient (Wildman–Crippen LogP) is 4.12. The molecule has 1 heteroatoms. The second-order valence-electron chi connectivity index (χ2n) is 4.42. The van der Waals surface area contributed by atoms with Gasteiger partial charge in [0.2, 0.25) is 0 Å². The molecule has 0 saturated heterocycles. The van der Waals surface area contributed by atoms with Crippen LogP contribution in [-0.4, -0.2) is 16.2 Å². The number of hydrogen-bond donors (Lipinski definition) is 0. The van der Waals surface area contributed by atoms with Crippen LogP contribution in [0, 0.1) is 0 Å². The Balaban J connectivity index is 2.76. The molecule has 1 aliphatic rings. The quantitative estimate of drug-likeness (QED) is 0.645. The normalized spacial score (nSPS) is 17.3. The fraction of sp³-hybridized carbons (Fsp3) is 0.667. The molecule has 0 amide bonds. The first-order valence-electron chi connectivity index (χ1n) is 5.44. The van der Waals surface area contributed by atoms with Gasteiger partial charge in [-0.05, 0) is 0 Å². The van der Waals surface area contributed by atoms with Crippen LogP contribution in [0.1, 0.15) is 40.5 Å². The summed E-state index contributed by atoms with van der Waals surface area (Å²) in [5.74, 6) is 0. The van der Waals surface area contributed by atoms with Crippen molar-refractivity contribution in [1.82, 2.24) is 0 Å². The maximum absolute atomic E-state index is 2.56. The SMILES string of the molecule is CC[CH2][Ga]([CH3])[C]1=C(C)C(C)=C(C)C1. The molecule has 13 heavy (non-hydrogen) atoms. The molecule has 1 rings (SSSR count). The summed E-state index contributed by atoms with van der Waals surface area (Å²) >= 11 is -1.02. The number of rotatable bonds is 3. The predicted molar refractivity (Wildman–Crippen MR) is 62.4 cm³/mol. The molecule has 0 spiro atoms. The van der Waals surface area contributed by atoms with Crippen LogP contribution >= 0.6 is 0 Å². The summed E-state index contributed by atoms with van der Waals surface area (Å²) in [6.45, 7) is 9.24. The second-order valence-corrected chi connectivity index (χ2v) is 10.9. The van der Waals surface area contributed by atoms with Crippen LogP contribution in [-0.2, 0) is 0 Å². The Bertz CT molecular complexity index is 258. The minimum absolute atomic E-state index is 1.02. The maximum atomic E-state index is 2.56. The van der Waals surface area contributed by atoms with Crippen LogP contribution in [0.5, 0.6) is 0 Å². The molecule has 0 aliphatic heterocycles. The first-order valence-corrected chi connectivity index (χ1v) is 10.8. The van der Waals surface area contributed by atoms with Crippen LogP contribution in [0.4, 0.5) is 0 Å². The van der Waals surface area contributed by atoms with Gasteiger partial charge < -0.3 is 0 Å². The van der Waals surface area contributed by atoms with Crippen LogP contribution < -0.4 is 0 Å². The van der Waals surface area contributed by atoms with Gasteiger partial charge in [-0.25, -0.2) is 0 Å². The topological polar surface area (TPSA) is 0 Å². The molecule has 0 saturated carbocycles. The van der Waals surface area contributed by atoms with Gasteiger partial charge in [-0.3, -0.25) is 0 Å². The summed E-state index contributed by atoms with van der Waals surface area (Å²) in [6.07, 6.45) is 2.70. The van der Waals surface area contributed by atoms with Crippen molar-refractivity contribution in [3.05, 3.63) is 20.8 Å². The van der Waals surface area contributed by atoms with E-state index < -0.39 is 16.2 Å². The van der Waals surface area contributed by atoms with Crippen molar-refractivity contribution in [2.45, 2.75) is 51.0 Å². The third-order valence-corrected chi connectivity index (χ3v) is 10.3. The summed E-state index contributed by atoms with van der Waals surface area (Å²) in [5, 5.41) is 0. The summed E-state index contributed by atoms with van der Waals surface area (Å²) in [4.78, 5) is 1.53. The van der Waals surface area contributed by atoms with E-state index in [4.69, 9.17) is 0 Å². The van der Waals surface area contributed by atoms with E-state index in [1.54, 1.807) is 16.7 Å². The van der Waals surface area contributed by atoms with Crippen LogP contribution in [0.25, 0.3) is 0 Å². The third kappa shape index (κ3) is 2.32. The van der Waals surface area contributed by atoms with E-state index in [9.17, 15) is 0 Å². The molecule has 0 nitrogen and oxygen atoms in total. The fourth-order valence-corrected chi connectivity index (χ4v) is 8.19. The van der Waals surface area contributed by atoms with Gasteiger partial charge >= 0.3 is 88.1 Å². The fourth-order valence-electron chi connectivity index (χ4n) is 2.26. The molecule has 0 radical (unpaired) electrons. The van der Waals surface area contributed by atoms with Crippen molar-refractivity contribution in [1.29, 1.82) is 0 Å². The Hall–Kier alpha value is 0.116. The molecule has 0 bridgehead atoms. The van der Waals surface area contributed by atoms with E-state index in [0.29, 0.717) is 0 Å². The zero-order chi connectivity index (χ0) is 10.0. The van der Waals surface area contributed by atoms with Crippen molar-refractivity contribution in [3.8, 4) is 0 Å². The Kier molecular flexibility index (Phi) is 3.93. The number of hydrogen-bond acceptors (Lipinski definition) is 0. The number of allylic oxidation sites excluding steroid dienone is 4. The molecular formula is C12H21Ga. The molecule has 1 aliphatic carbocycles. The molecule has 0 heterocycles.